The molecule has 0 fully saturated rings. The van der Waals surface area contributed by atoms with Crippen molar-refractivity contribution in [3.8, 4) is 0 Å². The van der Waals surface area contributed by atoms with Gasteiger partial charge in [0.2, 0.25) is 0 Å². The second-order valence-electron chi connectivity index (χ2n) is 9.18. The van der Waals surface area contributed by atoms with Crippen LogP contribution in [0, 0.1) is 5.41 Å². The summed E-state index contributed by atoms with van der Waals surface area (Å²) in [6, 6.07) is 10.1. The summed E-state index contributed by atoms with van der Waals surface area (Å²) in [6.45, 7) is 5.53. The lowest BCUT2D eigenvalue weighted by Crippen LogP contribution is -2.39. The molecule has 4 rings (SSSR count). The van der Waals surface area contributed by atoms with Crippen LogP contribution in [0.4, 0.5) is 19.0 Å². The van der Waals surface area contributed by atoms with Crippen molar-refractivity contribution in [3.05, 3.63) is 82.3 Å². The largest absolute Gasteiger partial charge is 0.416 e. The van der Waals surface area contributed by atoms with Gasteiger partial charge in [-0.15, -0.1) is 0 Å². The summed E-state index contributed by atoms with van der Waals surface area (Å²) < 4.78 is 41.9. The van der Waals surface area contributed by atoms with Crippen molar-refractivity contribution in [2.24, 2.45) is 5.41 Å². The molecule has 5 nitrogen and oxygen atoms in total. The van der Waals surface area contributed by atoms with Gasteiger partial charge in [-0.1, -0.05) is 38.1 Å². The molecular weight excluding hydrogens is 431 g/mol. The van der Waals surface area contributed by atoms with E-state index in [1.54, 1.807) is 25.1 Å². The Labute approximate surface area is 189 Å². The van der Waals surface area contributed by atoms with Gasteiger partial charge >= 0.3 is 6.18 Å². The third-order valence-corrected chi connectivity index (χ3v) is 5.97. The zero-order valence-corrected chi connectivity index (χ0v) is 18.5. The van der Waals surface area contributed by atoms with Crippen molar-refractivity contribution in [1.29, 1.82) is 0 Å². The van der Waals surface area contributed by atoms with Gasteiger partial charge in [0.15, 0.2) is 5.78 Å². The van der Waals surface area contributed by atoms with Gasteiger partial charge in [0.05, 0.1) is 5.56 Å². The molecule has 33 heavy (non-hydrogen) atoms. The Morgan fingerprint density at radius 3 is 2.48 bits per heavy atom. The number of carbonyl (C=O) groups excluding carboxylic acids is 2. The number of allylic oxidation sites excluding steroid dienone is 3. The Kier molecular flexibility index (Phi) is 5.64. The van der Waals surface area contributed by atoms with Crippen molar-refractivity contribution in [2.45, 2.75) is 45.7 Å². The van der Waals surface area contributed by atoms with Crippen LogP contribution in [0.3, 0.4) is 0 Å². The average Bonchev–Trinajstić information content (AvgIpc) is 2.71. The second kappa shape index (κ2) is 8.17. The molecule has 2 aliphatic rings. The lowest BCUT2D eigenvalue weighted by atomic mass is 9.68. The van der Waals surface area contributed by atoms with E-state index < -0.39 is 23.6 Å². The summed E-state index contributed by atoms with van der Waals surface area (Å²) in [6.07, 6.45) is -2.47. The average molecular weight is 455 g/mol. The molecule has 0 bridgehead atoms. The van der Waals surface area contributed by atoms with Crippen LogP contribution in [0.1, 0.15) is 50.7 Å². The number of nitrogens with one attached hydrogen (secondary N) is 2. The molecule has 1 aromatic carbocycles. The number of benzene rings is 1. The molecule has 2 N–H and O–H groups in total. The summed E-state index contributed by atoms with van der Waals surface area (Å²) in [4.78, 5) is 30.7. The Balaban J connectivity index is 1.90. The number of hydrogen-bond acceptors (Lipinski definition) is 4. The number of rotatable bonds is 3. The number of Topliss-reactive ketones (excluding diaryl/α,β-unsaturated/α-hetero) is 1. The Hall–Kier alpha value is -3.42. The molecule has 0 saturated heterocycles. The minimum atomic E-state index is -4.64. The molecule has 1 aromatic heterocycles. The number of alkyl halides is 3. The first kappa shape index (κ1) is 22.8. The quantitative estimate of drug-likeness (QED) is 0.655. The number of aromatic nitrogens is 1. The van der Waals surface area contributed by atoms with Gasteiger partial charge in [-0.05, 0) is 42.5 Å². The molecule has 0 radical (unpaired) electrons. The SMILES string of the molecule is CC1=C(C(=O)Nc2ccccn2)[C@@H](c2ccccc2C(F)(F)F)C2=C(CC(C)(C)CC2=O)N1. The van der Waals surface area contributed by atoms with Crippen molar-refractivity contribution in [3.63, 3.8) is 0 Å². The molecule has 2 heterocycles. The summed E-state index contributed by atoms with van der Waals surface area (Å²) >= 11 is 0. The molecule has 1 atom stereocenters. The highest BCUT2D eigenvalue weighted by molar-refractivity contribution is 6.09. The molecule has 0 saturated carbocycles. The zero-order valence-electron chi connectivity index (χ0n) is 18.5. The Morgan fingerprint density at radius 2 is 1.82 bits per heavy atom. The monoisotopic (exact) mass is 455 g/mol. The number of amides is 1. The number of ketones is 1. The summed E-state index contributed by atoms with van der Waals surface area (Å²) in [5.41, 5.74) is -0.0352. The third-order valence-electron chi connectivity index (χ3n) is 5.97. The topological polar surface area (TPSA) is 71.1 Å². The van der Waals surface area contributed by atoms with Crippen LogP contribution in [0.25, 0.3) is 0 Å². The maximum Gasteiger partial charge on any atom is 0.416 e. The van der Waals surface area contributed by atoms with Crippen LogP contribution in [-0.4, -0.2) is 16.7 Å². The second-order valence-corrected chi connectivity index (χ2v) is 9.18. The number of nitrogens with zero attached hydrogens (tertiary/aromatic N) is 1. The van der Waals surface area contributed by atoms with E-state index in [0.717, 1.165) is 6.07 Å². The van der Waals surface area contributed by atoms with Gasteiger partial charge in [-0.25, -0.2) is 4.98 Å². The molecular formula is C25H24F3N3O2. The van der Waals surface area contributed by atoms with E-state index in [1.165, 1.54) is 24.4 Å². The molecule has 0 spiro atoms. The number of dihydropyridines is 1. The van der Waals surface area contributed by atoms with Crippen molar-refractivity contribution >= 4 is 17.5 Å². The number of pyridine rings is 1. The van der Waals surface area contributed by atoms with E-state index in [0.29, 0.717) is 17.8 Å². The predicted molar refractivity (Wildman–Crippen MR) is 118 cm³/mol. The molecule has 1 aliphatic carbocycles. The van der Waals surface area contributed by atoms with Crippen molar-refractivity contribution < 1.29 is 22.8 Å². The Bertz CT molecular complexity index is 1180. The third kappa shape index (κ3) is 4.42. The number of hydrogen-bond donors (Lipinski definition) is 2. The lowest BCUT2D eigenvalue weighted by molar-refractivity contribution is -0.138. The van der Waals surface area contributed by atoms with Crippen molar-refractivity contribution in [1.82, 2.24) is 10.3 Å². The van der Waals surface area contributed by atoms with Gasteiger partial charge < -0.3 is 10.6 Å². The molecule has 0 unspecified atom stereocenters. The van der Waals surface area contributed by atoms with Gasteiger partial charge in [0.1, 0.15) is 5.82 Å². The van der Waals surface area contributed by atoms with Crippen LogP contribution in [-0.2, 0) is 15.8 Å². The minimum absolute atomic E-state index is 0.0733. The van der Waals surface area contributed by atoms with E-state index in [4.69, 9.17) is 0 Å². The van der Waals surface area contributed by atoms with Crippen LogP contribution >= 0.6 is 0 Å². The van der Waals surface area contributed by atoms with Crippen LogP contribution in [0.15, 0.2) is 71.2 Å². The van der Waals surface area contributed by atoms with E-state index in [-0.39, 0.29) is 40.1 Å². The maximum absolute atomic E-state index is 14.0. The summed E-state index contributed by atoms with van der Waals surface area (Å²) in [5.74, 6) is -1.75. The number of carbonyl (C=O) groups is 2. The molecule has 172 valence electrons. The van der Waals surface area contributed by atoms with E-state index in [2.05, 4.69) is 15.6 Å². The van der Waals surface area contributed by atoms with E-state index in [9.17, 15) is 22.8 Å². The molecule has 2 aromatic rings. The van der Waals surface area contributed by atoms with Crippen LogP contribution in [0.2, 0.25) is 0 Å². The first-order valence-corrected chi connectivity index (χ1v) is 10.6. The van der Waals surface area contributed by atoms with Gasteiger partial charge in [-0.2, -0.15) is 13.2 Å². The maximum atomic E-state index is 14.0. The van der Waals surface area contributed by atoms with Crippen LogP contribution < -0.4 is 10.6 Å². The molecule has 8 heteroatoms. The van der Waals surface area contributed by atoms with Gasteiger partial charge in [0.25, 0.3) is 5.91 Å². The number of anilines is 1. The minimum Gasteiger partial charge on any atom is -0.362 e. The fraction of sp³-hybridized carbons (Fsp3) is 0.320. The normalized spacial score (nSPS) is 20.3. The number of halogens is 3. The standard InChI is InChI=1S/C25H24F3N3O2/c1-14-20(23(33)31-19-10-6-7-11-29-19)21(15-8-4-5-9-16(15)25(26,27)28)22-17(30-14)12-24(2,3)13-18(22)32/h4-11,21,30H,12-13H2,1-3H3,(H,29,31,33)/t21-/m1/s1. The Morgan fingerprint density at radius 1 is 1.12 bits per heavy atom. The summed E-state index contributed by atoms with van der Waals surface area (Å²) in [7, 11) is 0. The van der Waals surface area contributed by atoms with Crippen LogP contribution in [0.5, 0.6) is 0 Å². The van der Waals surface area contributed by atoms with Gasteiger partial charge in [0, 0.05) is 41.1 Å². The highest BCUT2D eigenvalue weighted by Crippen LogP contribution is 2.49. The fourth-order valence-corrected chi connectivity index (χ4v) is 4.68. The highest BCUT2D eigenvalue weighted by atomic mass is 19.4. The smallest absolute Gasteiger partial charge is 0.362 e. The first-order chi connectivity index (χ1) is 15.5. The van der Waals surface area contributed by atoms with E-state index >= 15 is 0 Å². The molecule has 1 aliphatic heterocycles. The van der Waals surface area contributed by atoms with Gasteiger partial charge in [-0.3, -0.25) is 9.59 Å². The predicted octanol–water partition coefficient (Wildman–Crippen LogP) is 5.34. The molecule has 1 amide bonds. The lowest BCUT2D eigenvalue weighted by Gasteiger charge is -2.40. The van der Waals surface area contributed by atoms with E-state index in [1.807, 2.05) is 13.8 Å². The zero-order chi connectivity index (χ0) is 24.0. The summed E-state index contributed by atoms with van der Waals surface area (Å²) in [5, 5.41) is 5.82. The highest BCUT2D eigenvalue weighted by Gasteiger charge is 2.45. The fourth-order valence-electron chi connectivity index (χ4n) is 4.68. The first-order valence-electron chi connectivity index (χ1n) is 10.6. The van der Waals surface area contributed by atoms with Crippen molar-refractivity contribution in [2.75, 3.05) is 5.32 Å².